The lowest BCUT2D eigenvalue weighted by Crippen LogP contribution is -2.36. The van der Waals surface area contributed by atoms with E-state index in [1.54, 1.807) is 10.9 Å². The SMILES string of the molecule is Cc1nn(C)c2nccc(N3CCC(C(=O)O)CC3)c12. The minimum Gasteiger partial charge on any atom is -0.481 e. The van der Waals surface area contributed by atoms with Crippen LogP contribution in [0.3, 0.4) is 0 Å². The van der Waals surface area contributed by atoms with Crippen molar-refractivity contribution in [2.45, 2.75) is 19.8 Å². The van der Waals surface area contributed by atoms with E-state index in [4.69, 9.17) is 5.11 Å². The molecule has 1 aliphatic rings. The van der Waals surface area contributed by atoms with Crippen molar-refractivity contribution in [3.05, 3.63) is 18.0 Å². The van der Waals surface area contributed by atoms with Gasteiger partial charge in [0.05, 0.1) is 22.7 Å². The molecule has 1 N–H and O–H groups in total. The molecule has 2 aromatic rings. The van der Waals surface area contributed by atoms with Gasteiger partial charge in [0.1, 0.15) is 0 Å². The number of carboxylic acids is 1. The first-order valence-electron chi connectivity index (χ1n) is 6.84. The highest BCUT2D eigenvalue weighted by Crippen LogP contribution is 2.30. The molecule has 0 amide bonds. The van der Waals surface area contributed by atoms with Crippen molar-refractivity contribution in [1.82, 2.24) is 14.8 Å². The third-order valence-electron chi connectivity index (χ3n) is 4.06. The molecule has 0 radical (unpaired) electrons. The first-order valence-corrected chi connectivity index (χ1v) is 6.84. The molecule has 1 aliphatic heterocycles. The maximum absolute atomic E-state index is 11.0. The number of hydrogen-bond donors (Lipinski definition) is 1. The van der Waals surface area contributed by atoms with E-state index >= 15 is 0 Å². The molecule has 0 aromatic carbocycles. The first-order chi connectivity index (χ1) is 9.58. The number of carbonyl (C=O) groups is 1. The highest BCUT2D eigenvalue weighted by Gasteiger charge is 2.26. The molecule has 2 aromatic heterocycles. The average Bonchev–Trinajstić information content (AvgIpc) is 2.74. The molecule has 0 atom stereocenters. The Hall–Kier alpha value is -2.11. The van der Waals surface area contributed by atoms with E-state index in [1.807, 2.05) is 20.0 Å². The predicted molar refractivity (Wildman–Crippen MR) is 75.8 cm³/mol. The number of carboxylic acid groups (broad SMARTS) is 1. The smallest absolute Gasteiger partial charge is 0.306 e. The van der Waals surface area contributed by atoms with Gasteiger partial charge in [0.2, 0.25) is 0 Å². The Labute approximate surface area is 117 Å². The van der Waals surface area contributed by atoms with Crippen molar-refractivity contribution in [2.75, 3.05) is 18.0 Å². The number of nitrogens with zero attached hydrogens (tertiary/aromatic N) is 4. The third kappa shape index (κ3) is 2.01. The molecule has 1 saturated heterocycles. The van der Waals surface area contributed by atoms with Gasteiger partial charge in [-0.25, -0.2) is 4.98 Å². The van der Waals surface area contributed by atoms with E-state index in [1.165, 1.54) is 0 Å². The molecule has 20 heavy (non-hydrogen) atoms. The van der Waals surface area contributed by atoms with Crippen LogP contribution in [0.15, 0.2) is 12.3 Å². The number of aliphatic carboxylic acids is 1. The molecule has 3 heterocycles. The zero-order valence-corrected chi connectivity index (χ0v) is 11.7. The fraction of sp³-hybridized carbons (Fsp3) is 0.500. The summed E-state index contributed by atoms with van der Waals surface area (Å²) in [6.07, 6.45) is 3.18. The van der Waals surface area contributed by atoms with E-state index in [0.29, 0.717) is 12.8 Å². The minimum atomic E-state index is -0.679. The zero-order chi connectivity index (χ0) is 14.3. The molecule has 3 rings (SSSR count). The quantitative estimate of drug-likeness (QED) is 0.900. The molecule has 0 aliphatic carbocycles. The fourth-order valence-electron chi connectivity index (χ4n) is 2.99. The van der Waals surface area contributed by atoms with Crippen LogP contribution in [0, 0.1) is 12.8 Å². The number of fused-ring (bicyclic) bond motifs is 1. The van der Waals surface area contributed by atoms with Crippen molar-refractivity contribution >= 4 is 22.7 Å². The van der Waals surface area contributed by atoms with Crippen LogP contribution in [0.2, 0.25) is 0 Å². The van der Waals surface area contributed by atoms with Crippen LogP contribution in [0.25, 0.3) is 11.0 Å². The molecule has 0 spiro atoms. The van der Waals surface area contributed by atoms with Crippen LogP contribution >= 0.6 is 0 Å². The van der Waals surface area contributed by atoms with Crippen molar-refractivity contribution in [2.24, 2.45) is 13.0 Å². The Morgan fingerprint density at radius 3 is 2.75 bits per heavy atom. The molecule has 1 fully saturated rings. The number of aromatic nitrogens is 3. The summed E-state index contributed by atoms with van der Waals surface area (Å²) in [6.45, 7) is 3.52. The number of hydrogen-bond acceptors (Lipinski definition) is 4. The van der Waals surface area contributed by atoms with E-state index in [0.717, 1.165) is 35.5 Å². The van der Waals surface area contributed by atoms with Gasteiger partial charge in [0.25, 0.3) is 0 Å². The van der Waals surface area contributed by atoms with Crippen molar-refractivity contribution in [3.63, 3.8) is 0 Å². The second kappa shape index (κ2) is 4.77. The summed E-state index contributed by atoms with van der Waals surface area (Å²) in [7, 11) is 1.89. The molecule has 106 valence electrons. The normalized spacial score (nSPS) is 16.8. The van der Waals surface area contributed by atoms with Crippen molar-refractivity contribution in [3.8, 4) is 0 Å². The van der Waals surface area contributed by atoms with Gasteiger partial charge in [-0.15, -0.1) is 0 Å². The summed E-state index contributed by atoms with van der Waals surface area (Å²) >= 11 is 0. The number of anilines is 1. The van der Waals surface area contributed by atoms with Crippen molar-refractivity contribution < 1.29 is 9.90 Å². The van der Waals surface area contributed by atoms with E-state index in [2.05, 4.69) is 15.0 Å². The van der Waals surface area contributed by atoms with Gasteiger partial charge in [-0.3, -0.25) is 9.48 Å². The predicted octanol–water partition coefficient (Wildman–Crippen LogP) is 1.58. The zero-order valence-electron chi connectivity index (χ0n) is 11.7. The third-order valence-corrected chi connectivity index (χ3v) is 4.06. The Morgan fingerprint density at radius 2 is 2.10 bits per heavy atom. The van der Waals surface area contributed by atoms with Crippen LogP contribution in [0.4, 0.5) is 5.69 Å². The number of pyridine rings is 1. The molecule has 0 unspecified atom stereocenters. The molecule has 6 heteroatoms. The fourth-order valence-corrected chi connectivity index (χ4v) is 2.99. The Bertz CT molecular complexity index is 656. The van der Waals surface area contributed by atoms with Gasteiger partial charge < -0.3 is 10.0 Å². The van der Waals surface area contributed by atoms with E-state index < -0.39 is 5.97 Å². The molecule has 0 bridgehead atoms. The molecule has 6 nitrogen and oxygen atoms in total. The van der Waals surface area contributed by atoms with Crippen LogP contribution in [0.5, 0.6) is 0 Å². The van der Waals surface area contributed by atoms with Crippen LogP contribution in [-0.2, 0) is 11.8 Å². The van der Waals surface area contributed by atoms with Crippen LogP contribution in [-0.4, -0.2) is 38.9 Å². The minimum absolute atomic E-state index is 0.210. The number of piperidine rings is 1. The number of aryl methyl sites for hydroxylation is 2. The first kappa shape index (κ1) is 12.9. The topological polar surface area (TPSA) is 71.2 Å². The second-order valence-corrected chi connectivity index (χ2v) is 5.34. The van der Waals surface area contributed by atoms with Gasteiger partial charge in [0.15, 0.2) is 5.65 Å². The van der Waals surface area contributed by atoms with Gasteiger partial charge in [-0.2, -0.15) is 5.10 Å². The lowest BCUT2D eigenvalue weighted by Gasteiger charge is -2.32. The molecule has 0 saturated carbocycles. The van der Waals surface area contributed by atoms with Gasteiger partial charge >= 0.3 is 5.97 Å². The van der Waals surface area contributed by atoms with E-state index in [9.17, 15) is 4.79 Å². The van der Waals surface area contributed by atoms with Crippen LogP contribution in [0.1, 0.15) is 18.5 Å². The van der Waals surface area contributed by atoms with Crippen molar-refractivity contribution in [1.29, 1.82) is 0 Å². The summed E-state index contributed by atoms with van der Waals surface area (Å²) < 4.78 is 1.79. The Balaban J connectivity index is 1.94. The molecular weight excluding hydrogens is 256 g/mol. The average molecular weight is 274 g/mol. The lowest BCUT2D eigenvalue weighted by molar-refractivity contribution is -0.142. The Kier molecular flexibility index (Phi) is 3.08. The molecular formula is C14H18N4O2. The highest BCUT2D eigenvalue weighted by atomic mass is 16.4. The summed E-state index contributed by atoms with van der Waals surface area (Å²) in [5.74, 6) is -0.888. The summed E-state index contributed by atoms with van der Waals surface area (Å²) in [5.41, 5.74) is 2.95. The van der Waals surface area contributed by atoms with E-state index in [-0.39, 0.29) is 5.92 Å². The highest BCUT2D eigenvalue weighted by molar-refractivity contribution is 5.92. The monoisotopic (exact) mass is 274 g/mol. The lowest BCUT2D eigenvalue weighted by atomic mass is 9.96. The maximum atomic E-state index is 11.0. The Morgan fingerprint density at radius 1 is 1.40 bits per heavy atom. The van der Waals surface area contributed by atoms with Gasteiger partial charge in [-0.1, -0.05) is 0 Å². The summed E-state index contributed by atoms with van der Waals surface area (Å²) in [4.78, 5) is 17.7. The van der Waals surface area contributed by atoms with Gasteiger partial charge in [-0.05, 0) is 25.8 Å². The number of rotatable bonds is 2. The second-order valence-electron chi connectivity index (χ2n) is 5.34. The van der Waals surface area contributed by atoms with Crippen LogP contribution < -0.4 is 4.90 Å². The largest absolute Gasteiger partial charge is 0.481 e. The standard InChI is InChI=1S/C14H18N4O2/c1-9-12-11(3-6-15-13(12)17(2)16-9)18-7-4-10(5-8-18)14(19)20/h3,6,10H,4-5,7-8H2,1-2H3,(H,19,20). The summed E-state index contributed by atoms with van der Waals surface area (Å²) in [5, 5.41) is 14.6. The summed E-state index contributed by atoms with van der Waals surface area (Å²) in [6, 6.07) is 2.00. The van der Waals surface area contributed by atoms with Gasteiger partial charge in [0, 0.05) is 26.3 Å². The maximum Gasteiger partial charge on any atom is 0.306 e.